The number of pyridine rings is 2. The molecule has 0 bridgehead atoms. The summed E-state index contributed by atoms with van der Waals surface area (Å²) in [5.74, 6) is 4.68. The second-order valence-electron chi connectivity index (χ2n) is 4.90. The van der Waals surface area contributed by atoms with Gasteiger partial charge in [-0.15, -0.1) is 0 Å². The molecule has 10 heteroatoms. The van der Waals surface area contributed by atoms with Gasteiger partial charge in [0.2, 0.25) is 0 Å². The Bertz CT molecular complexity index is 964. The van der Waals surface area contributed by atoms with Crippen LogP contribution in [0, 0.1) is 0 Å². The van der Waals surface area contributed by atoms with Gasteiger partial charge in [0.1, 0.15) is 11.3 Å². The van der Waals surface area contributed by atoms with Gasteiger partial charge in [0.25, 0.3) is 0 Å². The molecule has 0 saturated carbocycles. The predicted molar refractivity (Wildman–Crippen MR) is 91.8 cm³/mol. The highest BCUT2D eigenvalue weighted by molar-refractivity contribution is 7.81. The van der Waals surface area contributed by atoms with Crippen LogP contribution in [0.3, 0.4) is 0 Å². The number of anilines is 3. The van der Waals surface area contributed by atoms with Gasteiger partial charge in [-0.05, 0) is 36.4 Å². The van der Waals surface area contributed by atoms with Gasteiger partial charge in [0.05, 0.1) is 34.4 Å². The van der Waals surface area contributed by atoms with E-state index in [1.807, 2.05) is 0 Å². The van der Waals surface area contributed by atoms with Crippen LogP contribution < -0.4 is 15.6 Å². The number of hydrogen-bond acceptors (Lipinski definition) is 7. The monoisotopic (exact) mass is 358 g/mol. The number of hydrogen-bond donors (Lipinski definition) is 3. The molecule has 0 aliphatic rings. The van der Waals surface area contributed by atoms with Crippen LogP contribution in [0.2, 0.25) is 0 Å². The van der Waals surface area contributed by atoms with E-state index < -0.39 is 17.2 Å². The van der Waals surface area contributed by atoms with E-state index >= 15 is 0 Å². The van der Waals surface area contributed by atoms with Crippen molar-refractivity contribution in [3.05, 3.63) is 54.4 Å². The van der Waals surface area contributed by atoms with Gasteiger partial charge in [-0.25, -0.2) is 15.6 Å². The van der Waals surface area contributed by atoms with Crippen molar-refractivity contribution in [2.75, 3.05) is 9.73 Å². The lowest BCUT2D eigenvalue weighted by Crippen LogP contribution is -2.21. The summed E-state index contributed by atoms with van der Waals surface area (Å²) in [4.78, 5) is 19.3. The molecule has 3 aromatic rings. The normalized spacial score (nSPS) is 11.9. The van der Waals surface area contributed by atoms with Crippen LogP contribution in [0.1, 0.15) is 10.4 Å². The van der Waals surface area contributed by atoms with Crippen molar-refractivity contribution in [1.29, 1.82) is 0 Å². The van der Waals surface area contributed by atoms with Crippen LogP contribution in [0.25, 0.3) is 10.9 Å². The maximum atomic E-state index is 11.8. The number of carboxylic acid groups (broad SMARTS) is 1. The Labute approximate surface area is 144 Å². The number of aromatic nitrogens is 2. The van der Waals surface area contributed by atoms with E-state index in [1.165, 1.54) is 36.7 Å². The van der Waals surface area contributed by atoms with E-state index in [9.17, 15) is 13.6 Å². The van der Waals surface area contributed by atoms with E-state index in [2.05, 4.69) is 15.4 Å². The predicted octanol–water partition coefficient (Wildman–Crippen LogP) is 1.55. The second kappa shape index (κ2) is 6.81. The van der Waals surface area contributed by atoms with Gasteiger partial charge in [0.15, 0.2) is 0 Å². The molecule has 1 atom stereocenters. The lowest BCUT2D eigenvalue weighted by atomic mass is 10.2. The molecule has 0 aliphatic carbocycles. The van der Waals surface area contributed by atoms with Gasteiger partial charge in [-0.2, -0.15) is 0 Å². The van der Waals surface area contributed by atoms with Gasteiger partial charge in [-0.1, -0.05) is 0 Å². The second-order valence-corrected chi connectivity index (χ2v) is 5.70. The number of nitrogens with zero attached hydrogens (tertiary/aromatic N) is 3. The molecule has 0 radical (unpaired) electrons. The first kappa shape index (κ1) is 16.8. The zero-order valence-electron chi connectivity index (χ0n) is 12.6. The largest absolute Gasteiger partial charge is 0.755 e. The molecule has 2 heterocycles. The molecule has 9 nitrogen and oxygen atoms in total. The Hall–Kier alpha value is -3.08. The number of nitrogens with two attached hydrogens (primary N) is 1. The number of fused-ring (bicyclic) bond motifs is 1. The maximum Gasteiger partial charge on any atom is 0.335 e. The molecule has 0 saturated heterocycles. The maximum absolute atomic E-state index is 11.8. The molecule has 4 N–H and O–H groups in total. The van der Waals surface area contributed by atoms with Crippen LogP contribution in [0.4, 0.5) is 17.2 Å². The lowest BCUT2D eigenvalue weighted by Gasteiger charge is -2.27. The fourth-order valence-corrected chi connectivity index (χ4v) is 2.95. The number of carboxylic acids is 1. The van der Waals surface area contributed by atoms with E-state index in [0.29, 0.717) is 16.7 Å². The third-order valence-corrected chi connectivity index (χ3v) is 4.18. The van der Waals surface area contributed by atoms with Crippen LogP contribution in [-0.4, -0.2) is 29.8 Å². The van der Waals surface area contributed by atoms with Crippen LogP contribution >= 0.6 is 0 Å². The average molecular weight is 358 g/mol. The molecule has 0 fully saturated rings. The summed E-state index contributed by atoms with van der Waals surface area (Å²) in [6.45, 7) is 0. The van der Waals surface area contributed by atoms with Crippen LogP contribution in [0.15, 0.2) is 48.8 Å². The first-order valence-electron chi connectivity index (χ1n) is 6.96. The quantitative estimate of drug-likeness (QED) is 0.354. The number of rotatable bonds is 5. The average Bonchev–Trinajstić information content (AvgIpc) is 2.62. The van der Waals surface area contributed by atoms with Crippen molar-refractivity contribution in [3.63, 3.8) is 0 Å². The van der Waals surface area contributed by atoms with Gasteiger partial charge in [-0.3, -0.25) is 13.5 Å². The molecular weight excluding hydrogens is 346 g/mol. The van der Waals surface area contributed by atoms with Crippen LogP contribution in [0.5, 0.6) is 0 Å². The Morgan fingerprint density at radius 1 is 1.24 bits per heavy atom. The molecule has 1 aromatic carbocycles. The Morgan fingerprint density at radius 2 is 1.96 bits per heavy atom. The molecule has 25 heavy (non-hydrogen) atoms. The minimum atomic E-state index is -2.68. The van der Waals surface area contributed by atoms with Gasteiger partial charge >= 0.3 is 5.97 Å². The van der Waals surface area contributed by atoms with Crippen molar-refractivity contribution < 1.29 is 18.7 Å². The highest BCUT2D eigenvalue weighted by Crippen LogP contribution is 2.33. The first-order chi connectivity index (χ1) is 12.0. The number of nitrogen functional groups attached to an aromatic ring is 1. The van der Waals surface area contributed by atoms with E-state index in [1.54, 1.807) is 12.1 Å². The van der Waals surface area contributed by atoms with Gasteiger partial charge < -0.3 is 15.1 Å². The van der Waals surface area contributed by atoms with Crippen molar-refractivity contribution in [2.24, 2.45) is 5.84 Å². The van der Waals surface area contributed by atoms with Crippen molar-refractivity contribution in [1.82, 2.24) is 9.97 Å². The Balaban J connectivity index is 2.18. The number of carbonyl (C=O) groups is 1. The zero-order chi connectivity index (χ0) is 18.0. The third-order valence-electron chi connectivity index (χ3n) is 3.47. The minimum Gasteiger partial charge on any atom is -0.755 e. The number of hydrazine groups is 1. The summed E-state index contributed by atoms with van der Waals surface area (Å²) in [5.41, 5.74) is 3.32. The molecule has 0 amide bonds. The molecular formula is C15H12N5O4S-. The fraction of sp³-hybridized carbons (Fsp3) is 0. The van der Waals surface area contributed by atoms with Crippen LogP contribution in [-0.2, 0) is 11.3 Å². The number of nitrogens with one attached hydrogen (secondary N) is 1. The van der Waals surface area contributed by atoms with E-state index in [0.717, 1.165) is 4.31 Å². The molecule has 0 spiro atoms. The Morgan fingerprint density at radius 3 is 2.56 bits per heavy atom. The van der Waals surface area contributed by atoms with Crippen molar-refractivity contribution in [2.45, 2.75) is 0 Å². The summed E-state index contributed by atoms with van der Waals surface area (Å²) in [5, 5.41) is 9.51. The Kier molecular flexibility index (Phi) is 4.57. The molecule has 2 aromatic heterocycles. The van der Waals surface area contributed by atoms with Crippen molar-refractivity contribution >= 4 is 45.3 Å². The van der Waals surface area contributed by atoms with E-state index in [4.69, 9.17) is 10.9 Å². The number of benzene rings is 1. The highest BCUT2D eigenvalue weighted by atomic mass is 32.2. The third kappa shape index (κ3) is 3.13. The summed E-state index contributed by atoms with van der Waals surface area (Å²) in [7, 11) is 0. The standard InChI is InChI=1S/C15H13N5O4S/c16-19-14-11-2-1-7-17-13(11)12(8-18-14)20(25(23)24)10-5-3-9(4-6-10)15(21)22/h1-8H,16H2,(H,18,19)(H,21,22)(H,23,24)/p-1. The zero-order valence-corrected chi connectivity index (χ0v) is 13.4. The lowest BCUT2D eigenvalue weighted by molar-refractivity contribution is 0.0697. The smallest absolute Gasteiger partial charge is 0.335 e. The van der Waals surface area contributed by atoms with Crippen molar-refractivity contribution in [3.8, 4) is 0 Å². The van der Waals surface area contributed by atoms with E-state index in [-0.39, 0.29) is 16.9 Å². The first-order valence-corrected chi connectivity index (χ1v) is 7.99. The summed E-state index contributed by atoms with van der Waals surface area (Å²) >= 11 is -2.68. The molecule has 0 aliphatic heterocycles. The molecule has 3 rings (SSSR count). The summed E-state index contributed by atoms with van der Waals surface area (Å²) in [6, 6.07) is 8.79. The topological polar surface area (TPSA) is 144 Å². The number of aromatic carboxylic acids is 1. The molecule has 1 unspecified atom stereocenters. The van der Waals surface area contributed by atoms with Gasteiger partial charge in [0, 0.05) is 11.6 Å². The SMILES string of the molecule is NNc1ncc(N(c2ccc(C(=O)O)cc2)S(=O)[O-])c2ncccc12. The highest BCUT2D eigenvalue weighted by Gasteiger charge is 2.17. The summed E-state index contributed by atoms with van der Waals surface area (Å²) in [6.07, 6.45) is 2.84. The molecule has 128 valence electrons. The minimum absolute atomic E-state index is 0.0455. The summed E-state index contributed by atoms with van der Waals surface area (Å²) < 4.78 is 24.6. The fourth-order valence-electron chi connectivity index (χ4n) is 2.37.